The minimum absolute atomic E-state index is 0. The third-order valence-corrected chi connectivity index (χ3v) is 2.91. The Labute approximate surface area is 178 Å². The van der Waals surface area contributed by atoms with Gasteiger partial charge in [0.1, 0.15) is 0 Å². The van der Waals surface area contributed by atoms with Crippen LogP contribution >= 0.6 is 0 Å². The largest absolute Gasteiger partial charge is 3.00 e. The summed E-state index contributed by atoms with van der Waals surface area (Å²) in [6.45, 7) is -0.258. The SMILES string of the molecule is CNC(=O)CN(CC(=O)[O-])CN(CC(=O)[O-])CN(C)CCNC=O.[Gd+3]. The van der Waals surface area contributed by atoms with Crippen molar-refractivity contribution in [1.82, 2.24) is 25.3 Å². The summed E-state index contributed by atoms with van der Waals surface area (Å²) in [6, 6.07) is 0. The number of carboxylic acid groups (broad SMARTS) is 2. The first-order chi connectivity index (χ1) is 11.3. The van der Waals surface area contributed by atoms with Crippen molar-refractivity contribution < 1.29 is 69.3 Å². The molecule has 2 N–H and O–H groups in total. The molecule has 0 unspecified atom stereocenters. The van der Waals surface area contributed by atoms with Crippen molar-refractivity contribution in [3.05, 3.63) is 0 Å². The quantitative estimate of drug-likeness (QED) is 0.135. The van der Waals surface area contributed by atoms with Crippen molar-refractivity contribution in [2.45, 2.75) is 0 Å². The Kier molecular flexibility index (Phi) is 16.2. The Morgan fingerprint density at radius 2 is 1.56 bits per heavy atom. The van der Waals surface area contributed by atoms with Crippen LogP contribution in [0.2, 0.25) is 0 Å². The van der Waals surface area contributed by atoms with Gasteiger partial charge in [-0.25, -0.2) is 0 Å². The van der Waals surface area contributed by atoms with Gasteiger partial charge in [0.25, 0.3) is 0 Å². The fraction of sp³-hybridized carbons (Fsp3) is 0.692. The van der Waals surface area contributed by atoms with E-state index >= 15 is 0 Å². The second kappa shape index (κ2) is 15.3. The second-order valence-corrected chi connectivity index (χ2v) is 5.17. The summed E-state index contributed by atoms with van der Waals surface area (Å²) in [4.78, 5) is 47.7. The molecule has 12 heteroatoms. The van der Waals surface area contributed by atoms with E-state index in [1.807, 2.05) is 0 Å². The predicted molar refractivity (Wildman–Crippen MR) is 78.8 cm³/mol. The molecule has 0 aromatic rings. The number of hydrogen-bond donors (Lipinski definition) is 2. The average molecular weight is 503 g/mol. The smallest absolute Gasteiger partial charge is 0.549 e. The molecule has 11 nitrogen and oxygen atoms in total. The summed E-state index contributed by atoms with van der Waals surface area (Å²) >= 11 is 0. The van der Waals surface area contributed by atoms with E-state index in [1.165, 1.54) is 16.8 Å². The Morgan fingerprint density at radius 1 is 1.00 bits per heavy atom. The van der Waals surface area contributed by atoms with Crippen molar-refractivity contribution in [3.8, 4) is 0 Å². The molecule has 0 heterocycles. The third kappa shape index (κ3) is 15.1. The van der Waals surface area contributed by atoms with Gasteiger partial charge in [-0.1, -0.05) is 0 Å². The molecule has 0 fully saturated rings. The molecule has 0 spiro atoms. The summed E-state index contributed by atoms with van der Waals surface area (Å²) in [5.41, 5.74) is 0. The minimum atomic E-state index is -1.38. The maximum absolute atomic E-state index is 11.4. The Morgan fingerprint density at radius 3 is 2.04 bits per heavy atom. The number of amides is 2. The summed E-state index contributed by atoms with van der Waals surface area (Å²) < 4.78 is 0. The second-order valence-electron chi connectivity index (χ2n) is 5.17. The Bertz CT molecular complexity index is 439. The van der Waals surface area contributed by atoms with E-state index in [9.17, 15) is 29.4 Å². The van der Waals surface area contributed by atoms with Gasteiger partial charge in [0.15, 0.2) is 0 Å². The van der Waals surface area contributed by atoms with Gasteiger partial charge >= 0.3 is 39.9 Å². The molecule has 0 aromatic heterocycles. The van der Waals surface area contributed by atoms with Gasteiger partial charge in [0.2, 0.25) is 12.3 Å². The molecule has 1 radical (unpaired) electrons. The molecule has 25 heavy (non-hydrogen) atoms. The van der Waals surface area contributed by atoms with Crippen molar-refractivity contribution in [2.24, 2.45) is 0 Å². The summed E-state index contributed by atoms with van der Waals surface area (Å²) in [6.07, 6.45) is 0.553. The number of nitrogens with one attached hydrogen (secondary N) is 2. The molecule has 143 valence electrons. The first-order valence-corrected chi connectivity index (χ1v) is 7.19. The zero-order valence-electron chi connectivity index (χ0n) is 14.2. The van der Waals surface area contributed by atoms with Crippen LogP contribution in [0.25, 0.3) is 0 Å². The van der Waals surface area contributed by atoms with E-state index in [0.29, 0.717) is 19.5 Å². The van der Waals surface area contributed by atoms with Crippen LogP contribution in [0.4, 0.5) is 0 Å². The summed E-state index contributed by atoms with van der Waals surface area (Å²) in [7, 11) is 3.11. The van der Waals surface area contributed by atoms with Crippen LogP contribution < -0.4 is 20.8 Å². The maximum Gasteiger partial charge on any atom is 3.00 e. The molecule has 0 aliphatic heterocycles. The van der Waals surface area contributed by atoms with Crippen LogP contribution in [-0.4, -0.2) is 99.1 Å². The molecule has 0 aliphatic rings. The van der Waals surface area contributed by atoms with Gasteiger partial charge in [-0.2, -0.15) is 0 Å². The molecule has 0 saturated carbocycles. The van der Waals surface area contributed by atoms with E-state index in [4.69, 9.17) is 0 Å². The summed E-state index contributed by atoms with van der Waals surface area (Å²) in [5.74, 6) is -3.12. The predicted octanol–water partition coefficient (Wildman–Crippen LogP) is -5.57. The number of hydrogen-bond acceptors (Lipinski definition) is 9. The summed E-state index contributed by atoms with van der Waals surface area (Å²) in [5, 5.41) is 26.5. The van der Waals surface area contributed by atoms with Gasteiger partial charge < -0.3 is 30.4 Å². The topological polar surface area (TPSA) is 148 Å². The number of carbonyl (C=O) groups is 4. The standard InChI is InChI=1S/C13H25N5O6.Gd/c1-14-11(20)5-17(6-12(21)22)10-18(7-13(23)24)9-16(2)4-3-15-8-19;/h8H,3-7,9-10H2,1-2H3,(H,14,20)(H,15,19)(H,21,22)(H,23,24);/q;+3/p-2. The minimum Gasteiger partial charge on any atom is -0.549 e. The molecule has 0 atom stereocenters. The van der Waals surface area contributed by atoms with Gasteiger partial charge in [-0.3, -0.25) is 24.3 Å². The zero-order chi connectivity index (χ0) is 18.5. The van der Waals surface area contributed by atoms with Gasteiger partial charge in [0.05, 0.1) is 31.8 Å². The zero-order valence-corrected chi connectivity index (χ0v) is 16.4. The molecule has 0 bridgehead atoms. The van der Waals surface area contributed by atoms with E-state index in [-0.39, 0.29) is 59.8 Å². The fourth-order valence-electron chi connectivity index (χ4n) is 1.96. The van der Waals surface area contributed by atoms with Crippen molar-refractivity contribution in [3.63, 3.8) is 0 Å². The fourth-order valence-corrected chi connectivity index (χ4v) is 1.96. The molecular weight excluding hydrogens is 479 g/mol. The van der Waals surface area contributed by atoms with Crippen LogP contribution in [0.3, 0.4) is 0 Å². The first kappa shape index (κ1) is 26.3. The number of likely N-dealkylation sites (N-methyl/N-ethyl adjacent to an activating group) is 2. The molecule has 0 aromatic carbocycles. The van der Waals surface area contributed by atoms with E-state index < -0.39 is 30.9 Å². The Balaban J connectivity index is 0. The monoisotopic (exact) mass is 503 g/mol. The molecule has 0 aliphatic carbocycles. The molecule has 0 saturated heterocycles. The van der Waals surface area contributed by atoms with Crippen LogP contribution in [0.15, 0.2) is 0 Å². The van der Waals surface area contributed by atoms with Crippen LogP contribution in [-0.2, 0) is 19.2 Å². The van der Waals surface area contributed by atoms with Crippen LogP contribution in [0.5, 0.6) is 0 Å². The number of rotatable bonds is 14. The van der Waals surface area contributed by atoms with Crippen molar-refractivity contribution in [2.75, 3.05) is 60.2 Å². The first-order valence-electron chi connectivity index (χ1n) is 7.19. The van der Waals surface area contributed by atoms with Crippen molar-refractivity contribution >= 4 is 24.3 Å². The average Bonchev–Trinajstić information content (AvgIpc) is 2.45. The van der Waals surface area contributed by atoms with Gasteiger partial charge in [-0.05, 0) is 7.05 Å². The normalized spacial score (nSPS) is 10.4. The number of nitrogens with zero attached hydrogens (tertiary/aromatic N) is 3. The van der Waals surface area contributed by atoms with Gasteiger partial charge in [0, 0.05) is 33.2 Å². The number of carboxylic acids is 2. The number of carbonyl (C=O) groups excluding carboxylic acids is 4. The molecular formula is C13H23GdN5O6+. The van der Waals surface area contributed by atoms with Crippen molar-refractivity contribution in [1.29, 1.82) is 0 Å². The van der Waals surface area contributed by atoms with E-state index in [2.05, 4.69) is 10.6 Å². The van der Waals surface area contributed by atoms with Crippen LogP contribution in [0.1, 0.15) is 0 Å². The third-order valence-electron chi connectivity index (χ3n) is 2.91. The van der Waals surface area contributed by atoms with Gasteiger partial charge in [-0.15, -0.1) is 0 Å². The van der Waals surface area contributed by atoms with Crippen LogP contribution in [0, 0.1) is 39.9 Å². The number of aliphatic carboxylic acids is 2. The maximum atomic E-state index is 11.4. The van der Waals surface area contributed by atoms with E-state index in [1.54, 1.807) is 11.9 Å². The Hall–Kier alpha value is -0.915. The molecule has 0 rings (SSSR count). The van der Waals surface area contributed by atoms with E-state index in [0.717, 1.165) is 0 Å². The molecule has 2 amide bonds.